The second-order valence-corrected chi connectivity index (χ2v) is 5.41. The van der Waals surface area contributed by atoms with Gasteiger partial charge in [0.2, 0.25) is 11.8 Å². The van der Waals surface area contributed by atoms with Gasteiger partial charge >= 0.3 is 0 Å². The highest BCUT2D eigenvalue weighted by Crippen LogP contribution is 2.21. The van der Waals surface area contributed by atoms with Crippen LogP contribution in [0.3, 0.4) is 0 Å². The molecule has 6 heteroatoms. The Bertz CT molecular complexity index is 690. The van der Waals surface area contributed by atoms with Gasteiger partial charge in [0.25, 0.3) is 0 Å². The van der Waals surface area contributed by atoms with Crippen molar-refractivity contribution in [3.05, 3.63) is 42.1 Å². The van der Waals surface area contributed by atoms with E-state index >= 15 is 0 Å². The Balaban J connectivity index is 1.61. The number of carbonyl (C=O) groups is 2. The molecule has 1 aromatic heterocycles. The summed E-state index contributed by atoms with van der Waals surface area (Å²) in [6.45, 7) is 0.776. The monoisotopic (exact) mass is 298 g/mol. The molecular weight excluding hydrogens is 280 g/mol. The molecule has 2 aromatic rings. The number of nitrogens with one attached hydrogen (secondary N) is 1. The van der Waals surface area contributed by atoms with E-state index in [-0.39, 0.29) is 18.2 Å². The largest absolute Gasteiger partial charge is 0.312 e. The lowest BCUT2D eigenvalue weighted by Gasteiger charge is -2.15. The summed E-state index contributed by atoms with van der Waals surface area (Å²) in [7, 11) is 1.80. The number of anilines is 2. The molecule has 0 unspecified atom stereocenters. The number of carbonyl (C=O) groups excluding carboxylic acids is 2. The Kier molecular flexibility index (Phi) is 3.91. The van der Waals surface area contributed by atoms with Crippen LogP contribution >= 0.6 is 0 Å². The lowest BCUT2D eigenvalue weighted by molar-refractivity contribution is -0.117. The normalized spacial score (nSPS) is 14.4. The van der Waals surface area contributed by atoms with Gasteiger partial charge in [0.05, 0.1) is 6.42 Å². The molecule has 0 atom stereocenters. The van der Waals surface area contributed by atoms with Crippen molar-refractivity contribution in [3.63, 3.8) is 0 Å². The fourth-order valence-electron chi connectivity index (χ4n) is 2.57. The summed E-state index contributed by atoms with van der Waals surface area (Å²) >= 11 is 0. The van der Waals surface area contributed by atoms with Crippen LogP contribution in [-0.2, 0) is 23.1 Å². The van der Waals surface area contributed by atoms with Crippen LogP contribution in [0.5, 0.6) is 0 Å². The fraction of sp³-hybridized carbons (Fsp3) is 0.312. The van der Waals surface area contributed by atoms with Gasteiger partial charge in [0.15, 0.2) is 5.82 Å². The van der Waals surface area contributed by atoms with Crippen LogP contribution in [0, 0.1) is 0 Å². The predicted octanol–water partition coefficient (Wildman–Crippen LogP) is 1.73. The number of rotatable bonds is 4. The van der Waals surface area contributed by atoms with Crippen molar-refractivity contribution >= 4 is 23.3 Å². The summed E-state index contributed by atoms with van der Waals surface area (Å²) in [4.78, 5) is 25.4. The number of aryl methyl sites for hydroxylation is 1. The molecule has 0 saturated carbocycles. The highest BCUT2D eigenvalue weighted by molar-refractivity contribution is 5.95. The first-order valence-corrected chi connectivity index (χ1v) is 7.30. The summed E-state index contributed by atoms with van der Waals surface area (Å²) < 4.78 is 1.64. The Hall–Kier alpha value is -2.63. The molecule has 114 valence electrons. The number of benzene rings is 1. The molecule has 0 aliphatic carbocycles. The van der Waals surface area contributed by atoms with Gasteiger partial charge in [-0.3, -0.25) is 14.3 Å². The Morgan fingerprint density at radius 1 is 1.27 bits per heavy atom. The van der Waals surface area contributed by atoms with E-state index in [0.717, 1.165) is 24.2 Å². The molecule has 1 aliphatic rings. The van der Waals surface area contributed by atoms with Crippen LogP contribution in [0.25, 0.3) is 0 Å². The molecule has 0 bridgehead atoms. The molecule has 22 heavy (non-hydrogen) atoms. The molecule has 0 spiro atoms. The third kappa shape index (κ3) is 3.16. The van der Waals surface area contributed by atoms with Crippen molar-refractivity contribution < 1.29 is 9.59 Å². The standard InChI is InChI=1S/C16H18N4O2/c1-19-10-8-14(18-19)17-15(21)11-12-4-6-13(7-5-12)20-9-2-3-16(20)22/h4-8,10H,2-3,9,11H2,1H3,(H,17,18,21). The second-order valence-electron chi connectivity index (χ2n) is 5.41. The first-order valence-electron chi connectivity index (χ1n) is 7.30. The smallest absolute Gasteiger partial charge is 0.229 e. The van der Waals surface area contributed by atoms with Crippen molar-refractivity contribution in [2.75, 3.05) is 16.8 Å². The van der Waals surface area contributed by atoms with Crippen molar-refractivity contribution in [3.8, 4) is 0 Å². The van der Waals surface area contributed by atoms with Gasteiger partial charge in [0, 0.05) is 38.0 Å². The molecule has 2 heterocycles. The summed E-state index contributed by atoms with van der Waals surface area (Å²) in [5.41, 5.74) is 1.81. The van der Waals surface area contributed by atoms with Crippen LogP contribution in [0.2, 0.25) is 0 Å². The van der Waals surface area contributed by atoms with Crippen molar-refractivity contribution in [1.29, 1.82) is 0 Å². The minimum absolute atomic E-state index is 0.108. The molecule has 1 aromatic carbocycles. The van der Waals surface area contributed by atoms with Gasteiger partial charge in [-0.25, -0.2) is 0 Å². The quantitative estimate of drug-likeness (QED) is 0.934. The fourth-order valence-corrected chi connectivity index (χ4v) is 2.57. The van der Waals surface area contributed by atoms with Crippen molar-refractivity contribution in [2.24, 2.45) is 7.05 Å². The Morgan fingerprint density at radius 3 is 2.64 bits per heavy atom. The second kappa shape index (κ2) is 6.01. The van der Waals surface area contributed by atoms with Crippen LogP contribution in [-0.4, -0.2) is 28.1 Å². The maximum absolute atomic E-state index is 12.0. The maximum Gasteiger partial charge on any atom is 0.229 e. The van der Waals surface area contributed by atoms with Gasteiger partial charge in [-0.1, -0.05) is 12.1 Å². The average Bonchev–Trinajstić information content (AvgIpc) is 3.08. The van der Waals surface area contributed by atoms with Crippen molar-refractivity contribution in [1.82, 2.24) is 9.78 Å². The predicted molar refractivity (Wildman–Crippen MR) is 83.6 cm³/mol. The molecule has 1 aliphatic heterocycles. The molecule has 2 amide bonds. The average molecular weight is 298 g/mol. The minimum Gasteiger partial charge on any atom is -0.312 e. The van der Waals surface area contributed by atoms with Gasteiger partial charge in [-0.2, -0.15) is 5.10 Å². The summed E-state index contributed by atoms with van der Waals surface area (Å²) in [6.07, 6.45) is 3.59. The third-order valence-electron chi connectivity index (χ3n) is 3.67. The summed E-state index contributed by atoms with van der Waals surface area (Å²) in [6, 6.07) is 9.32. The molecule has 0 radical (unpaired) electrons. The number of hydrogen-bond donors (Lipinski definition) is 1. The topological polar surface area (TPSA) is 67.2 Å². The number of nitrogens with zero attached hydrogens (tertiary/aromatic N) is 3. The first-order chi connectivity index (χ1) is 10.6. The zero-order chi connectivity index (χ0) is 15.5. The molecular formula is C16H18N4O2. The van der Waals surface area contributed by atoms with E-state index in [1.54, 1.807) is 28.9 Å². The zero-order valence-electron chi connectivity index (χ0n) is 12.5. The SMILES string of the molecule is Cn1ccc(NC(=O)Cc2ccc(N3CCCC3=O)cc2)n1. The lowest BCUT2D eigenvalue weighted by Crippen LogP contribution is -2.23. The molecule has 1 fully saturated rings. The highest BCUT2D eigenvalue weighted by Gasteiger charge is 2.21. The molecule has 1 saturated heterocycles. The summed E-state index contributed by atoms with van der Waals surface area (Å²) in [5.74, 6) is 0.608. The van der Waals surface area contributed by atoms with Crippen molar-refractivity contribution in [2.45, 2.75) is 19.3 Å². The number of hydrogen-bond acceptors (Lipinski definition) is 3. The molecule has 6 nitrogen and oxygen atoms in total. The lowest BCUT2D eigenvalue weighted by atomic mass is 10.1. The van der Waals surface area contributed by atoms with E-state index in [1.807, 2.05) is 24.3 Å². The minimum atomic E-state index is -0.108. The van der Waals surface area contributed by atoms with E-state index in [1.165, 1.54) is 0 Å². The highest BCUT2D eigenvalue weighted by atomic mass is 16.2. The van der Waals surface area contributed by atoms with Crippen LogP contribution in [0.15, 0.2) is 36.5 Å². The van der Waals surface area contributed by atoms with Gasteiger partial charge < -0.3 is 10.2 Å². The van der Waals surface area contributed by atoms with E-state index in [2.05, 4.69) is 10.4 Å². The third-order valence-corrected chi connectivity index (χ3v) is 3.67. The molecule has 1 N–H and O–H groups in total. The van der Waals surface area contributed by atoms with E-state index in [4.69, 9.17) is 0 Å². The zero-order valence-corrected chi connectivity index (χ0v) is 12.5. The Labute approximate surface area is 128 Å². The van der Waals surface area contributed by atoms with Crippen LogP contribution in [0.1, 0.15) is 18.4 Å². The maximum atomic E-state index is 12.0. The number of amides is 2. The molecule has 3 rings (SSSR count). The van der Waals surface area contributed by atoms with E-state index < -0.39 is 0 Å². The van der Waals surface area contributed by atoms with Gasteiger partial charge in [-0.05, 0) is 24.1 Å². The van der Waals surface area contributed by atoms with E-state index in [0.29, 0.717) is 12.2 Å². The first kappa shape index (κ1) is 14.3. The summed E-state index contributed by atoms with van der Waals surface area (Å²) in [5, 5.41) is 6.86. The van der Waals surface area contributed by atoms with Crippen LogP contribution in [0.4, 0.5) is 11.5 Å². The van der Waals surface area contributed by atoms with Gasteiger partial charge in [0.1, 0.15) is 0 Å². The Morgan fingerprint density at radius 2 is 2.05 bits per heavy atom. The van der Waals surface area contributed by atoms with Crippen LogP contribution < -0.4 is 10.2 Å². The van der Waals surface area contributed by atoms with Gasteiger partial charge in [-0.15, -0.1) is 0 Å². The number of aromatic nitrogens is 2. The van der Waals surface area contributed by atoms with E-state index in [9.17, 15) is 9.59 Å².